The molecule has 29 heavy (non-hydrogen) atoms. The Morgan fingerprint density at radius 3 is 2.14 bits per heavy atom. The molecular weight excluding hydrogens is 370 g/mol. The van der Waals surface area contributed by atoms with Gasteiger partial charge in [-0.2, -0.15) is 0 Å². The predicted octanol–water partition coefficient (Wildman–Crippen LogP) is 3.57. The number of rotatable bonds is 5. The molecule has 1 aliphatic rings. The molecule has 1 saturated heterocycles. The van der Waals surface area contributed by atoms with Gasteiger partial charge in [0, 0.05) is 31.2 Å². The third-order valence-electron chi connectivity index (χ3n) is 4.66. The van der Waals surface area contributed by atoms with E-state index < -0.39 is 11.9 Å². The average molecular weight is 397 g/mol. The van der Waals surface area contributed by atoms with Crippen molar-refractivity contribution >= 4 is 11.9 Å². The monoisotopic (exact) mass is 397 g/mol. The first kappa shape index (κ1) is 22.2. The maximum absolute atomic E-state index is 9.55. The van der Waals surface area contributed by atoms with Gasteiger partial charge in [-0.3, -0.25) is 0 Å². The maximum atomic E-state index is 9.55. The summed E-state index contributed by atoms with van der Waals surface area (Å²) in [5.41, 5.74) is 2.64. The van der Waals surface area contributed by atoms with Gasteiger partial charge in [-0.15, -0.1) is 0 Å². The quantitative estimate of drug-likeness (QED) is 0.750. The summed E-state index contributed by atoms with van der Waals surface area (Å²) < 4.78 is 6.30. The van der Waals surface area contributed by atoms with Gasteiger partial charge >= 0.3 is 11.9 Å². The maximum Gasteiger partial charge on any atom is 0.328 e. The SMILES string of the molecule is Cc1ccc(O[C@@H]2CCN(C)C[C@H]2c2ccccc2)cc1.O=C(O)C=CC(=O)O. The lowest BCUT2D eigenvalue weighted by atomic mass is 9.88. The molecule has 6 nitrogen and oxygen atoms in total. The van der Waals surface area contributed by atoms with Crippen LogP contribution in [-0.2, 0) is 9.59 Å². The summed E-state index contributed by atoms with van der Waals surface area (Å²) in [6.07, 6.45) is 2.44. The Bertz CT molecular complexity index is 801. The van der Waals surface area contributed by atoms with Crippen LogP contribution in [0.1, 0.15) is 23.5 Å². The first-order chi connectivity index (χ1) is 13.8. The van der Waals surface area contributed by atoms with E-state index in [1.807, 2.05) is 0 Å². The van der Waals surface area contributed by atoms with Gasteiger partial charge in [0.05, 0.1) is 0 Å². The standard InChI is InChI=1S/C19H23NO.C4H4O4/c1-15-8-10-17(11-9-15)21-19-12-13-20(2)14-18(19)16-6-4-3-5-7-16;5-3(6)1-2-4(7)8/h3-11,18-19H,12-14H2,1-2H3;1-2H,(H,5,6)(H,7,8)/t18-,19+;/m0./s1. The Hall–Kier alpha value is -3.12. The Morgan fingerprint density at radius 2 is 1.59 bits per heavy atom. The molecule has 0 aromatic heterocycles. The molecule has 0 amide bonds. The normalized spacial score (nSPS) is 19.2. The fourth-order valence-corrected chi connectivity index (χ4v) is 3.19. The van der Waals surface area contributed by atoms with E-state index in [1.54, 1.807) is 0 Å². The average Bonchev–Trinajstić information content (AvgIpc) is 2.70. The molecule has 0 aliphatic carbocycles. The van der Waals surface area contributed by atoms with Crippen molar-refractivity contribution in [1.29, 1.82) is 0 Å². The van der Waals surface area contributed by atoms with Crippen LogP contribution < -0.4 is 4.74 Å². The molecule has 0 radical (unpaired) electrons. The third kappa shape index (κ3) is 7.79. The van der Waals surface area contributed by atoms with Crippen molar-refractivity contribution in [2.75, 3.05) is 20.1 Å². The lowest BCUT2D eigenvalue weighted by Crippen LogP contribution is -2.42. The lowest BCUT2D eigenvalue weighted by molar-refractivity contribution is -0.134. The summed E-state index contributed by atoms with van der Waals surface area (Å²) >= 11 is 0. The van der Waals surface area contributed by atoms with E-state index in [2.05, 4.69) is 73.5 Å². The van der Waals surface area contributed by atoms with E-state index in [0.717, 1.165) is 25.3 Å². The van der Waals surface area contributed by atoms with Crippen LogP contribution in [0.2, 0.25) is 0 Å². The van der Waals surface area contributed by atoms with E-state index in [-0.39, 0.29) is 6.10 Å². The zero-order chi connectivity index (χ0) is 21.2. The molecule has 3 rings (SSSR count). The van der Waals surface area contributed by atoms with Crippen molar-refractivity contribution in [2.45, 2.75) is 25.4 Å². The number of piperidine rings is 1. The number of carbonyl (C=O) groups is 2. The smallest absolute Gasteiger partial charge is 0.328 e. The highest BCUT2D eigenvalue weighted by molar-refractivity contribution is 5.89. The van der Waals surface area contributed by atoms with Gasteiger partial charge in [0.15, 0.2) is 0 Å². The molecular formula is C23H27NO5. The summed E-state index contributed by atoms with van der Waals surface area (Å²) in [6, 6.07) is 19.1. The number of benzene rings is 2. The number of ether oxygens (including phenoxy) is 1. The molecule has 154 valence electrons. The van der Waals surface area contributed by atoms with Crippen LogP contribution in [0, 0.1) is 6.92 Å². The Kier molecular flexibility index (Phi) is 8.43. The van der Waals surface area contributed by atoms with E-state index in [1.165, 1.54) is 11.1 Å². The molecule has 0 unspecified atom stereocenters. The number of carboxylic acids is 2. The van der Waals surface area contributed by atoms with Crippen LogP contribution in [0.15, 0.2) is 66.7 Å². The van der Waals surface area contributed by atoms with Crippen LogP contribution in [-0.4, -0.2) is 53.3 Å². The number of aliphatic carboxylic acids is 2. The molecule has 2 atom stereocenters. The van der Waals surface area contributed by atoms with Gasteiger partial charge in [0.1, 0.15) is 11.9 Å². The van der Waals surface area contributed by atoms with E-state index in [4.69, 9.17) is 14.9 Å². The zero-order valence-electron chi connectivity index (χ0n) is 16.7. The Labute approximate surface area is 171 Å². The summed E-state index contributed by atoms with van der Waals surface area (Å²) in [6.45, 7) is 4.26. The second kappa shape index (κ2) is 11.0. The highest BCUT2D eigenvalue weighted by Crippen LogP contribution is 2.30. The van der Waals surface area contributed by atoms with Crippen molar-refractivity contribution in [1.82, 2.24) is 4.90 Å². The van der Waals surface area contributed by atoms with Crippen molar-refractivity contribution in [3.8, 4) is 5.75 Å². The molecule has 1 fully saturated rings. The van der Waals surface area contributed by atoms with Gasteiger partial charge in [-0.05, 0) is 38.1 Å². The van der Waals surface area contributed by atoms with Gasteiger partial charge in [-0.1, -0.05) is 48.0 Å². The summed E-state index contributed by atoms with van der Waals surface area (Å²) in [5.74, 6) is -1.10. The van der Waals surface area contributed by atoms with Crippen LogP contribution in [0.5, 0.6) is 5.75 Å². The first-order valence-electron chi connectivity index (χ1n) is 9.46. The number of nitrogens with zero attached hydrogens (tertiary/aromatic N) is 1. The van der Waals surface area contributed by atoms with Crippen molar-refractivity contribution < 1.29 is 24.5 Å². The first-order valence-corrected chi connectivity index (χ1v) is 9.46. The summed E-state index contributed by atoms with van der Waals surface area (Å²) in [5, 5.41) is 15.6. The van der Waals surface area contributed by atoms with Gasteiger partial charge in [0.2, 0.25) is 0 Å². The van der Waals surface area contributed by atoms with Crippen molar-refractivity contribution in [3.63, 3.8) is 0 Å². The Morgan fingerprint density at radius 1 is 1.00 bits per heavy atom. The molecule has 2 aromatic carbocycles. The minimum Gasteiger partial charge on any atom is -0.490 e. The third-order valence-corrected chi connectivity index (χ3v) is 4.66. The van der Waals surface area contributed by atoms with Crippen LogP contribution in [0.25, 0.3) is 0 Å². The largest absolute Gasteiger partial charge is 0.490 e. The van der Waals surface area contributed by atoms with Gasteiger partial charge in [0.25, 0.3) is 0 Å². The number of aryl methyl sites for hydroxylation is 1. The molecule has 1 aliphatic heterocycles. The minimum absolute atomic E-state index is 0.256. The number of hydrogen-bond donors (Lipinski definition) is 2. The predicted molar refractivity (Wildman–Crippen MR) is 111 cm³/mol. The van der Waals surface area contributed by atoms with E-state index in [9.17, 15) is 9.59 Å². The van der Waals surface area contributed by atoms with Crippen LogP contribution in [0.3, 0.4) is 0 Å². The fourth-order valence-electron chi connectivity index (χ4n) is 3.19. The molecule has 0 saturated carbocycles. The number of carboxylic acid groups (broad SMARTS) is 2. The molecule has 0 spiro atoms. The molecule has 6 heteroatoms. The molecule has 1 heterocycles. The van der Waals surface area contributed by atoms with E-state index >= 15 is 0 Å². The van der Waals surface area contributed by atoms with E-state index in [0.29, 0.717) is 18.1 Å². The zero-order valence-corrected chi connectivity index (χ0v) is 16.7. The molecule has 0 bridgehead atoms. The van der Waals surface area contributed by atoms with Crippen molar-refractivity contribution in [3.05, 3.63) is 77.9 Å². The van der Waals surface area contributed by atoms with Crippen molar-refractivity contribution in [2.24, 2.45) is 0 Å². The lowest BCUT2D eigenvalue weighted by Gasteiger charge is -2.37. The molecule has 2 N–H and O–H groups in total. The minimum atomic E-state index is -1.26. The second-order valence-corrected chi connectivity index (χ2v) is 7.05. The van der Waals surface area contributed by atoms with Gasteiger partial charge < -0.3 is 19.8 Å². The number of likely N-dealkylation sites (tertiary alicyclic amines) is 1. The molecule has 2 aromatic rings. The second-order valence-electron chi connectivity index (χ2n) is 7.05. The van der Waals surface area contributed by atoms with Crippen LogP contribution >= 0.6 is 0 Å². The van der Waals surface area contributed by atoms with Gasteiger partial charge in [-0.25, -0.2) is 9.59 Å². The topological polar surface area (TPSA) is 87.1 Å². The highest BCUT2D eigenvalue weighted by Gasteiger charge is 2.30. The summed E-state index contributed by atoms with van der Waals surface area (Å²) in [4.78, 5) is 21.5. The number of hydrogen-bond acceptors (Lipinski definition) is 4. The fraction of sp³-hybridized carbons (Fsp3) is 0.304. The highest BCUT2D eigenvalue weighted by atomic mass is 16.5. The van der Waals surface area contributed by atoms with Crippen LogP contribution in [0.4, 0.5) is 0 Å². The number of likely N-dealkylation sites (N-methyl/N-ethyl adjacent to an activating group) is 1. The summed E-state index contributed by atoms with van der Waals surface area (Å²) in [7, 11) is 2.19. The Balaban J connectivity index is 0.000000321.